The van der Waals surface area contributed by atoms with Crippen molar-refractivity contribution in [3.05, 3.63) is 12.7 Å². The van der Waals surface area contributed by atoms with E-state index < -0.39 is 10.0 Å². The van der Waals surface area contributed by atoms with Crippen molar-refractivity contribution < 1.29 is 8.42 Å². The molecular weight excluding hydrogens is 198 g/mol. The number of rotatable bonds is 4. The Labute approximate surface area is 86.8 Å². The van der Waals surface area contributed by atoms with Crippen LogP contribution in [-0.2, 0) is 10.0 Å². The van der Waals surface area contributed by atoms with E-state index in [1.165, 1.54) is 6.26 Å². The molecule has 14 heavy (non-hydrogen) atoms. The molecule has 0 bridgehead atoms. The summed E-state index contributed by atoms with van der Waals surface area (Å²) in [5.41, 5.74) is 0. The van der Waals surface area contributed by atoms with E-state index in [1.807, 2.05) is 6.08 Å². The van der Waals surface area contributed by atoms with Crippen LogP contribution < -0.4 is 0 Å². The third kappa shape index (κ3) is 3.42. The second-order valence-electron chi connectivity index (χ2n) is 4.00. The van der Waals surface area contributed by atoms with Gasteiger partial charge >= 0.3 is 0 Å². The average Bonchev–Trinajstić information content (AvgIpc) is 2.14. The van der Waals surface area contributed by atoms with E-state index in [-0.39, 0.29) is 0 Å². The van der Waals surface area contributed by atoms with E-state index in [9.17, 15) is 8.42 Å². The summed E-state index contributed by atoms with van der Waals surface area (Å²) >= 11 is 0. The number of hydrogen-bond acceptors (Lipinski definition) is 2. The van der Waals surface area contributed by atoms with Gasteiger partial charge in [-0.2, -0.15) is 0 Å². The molecule has 0 aromatic rings. The minimum atomic E-state index is -2.98. The van der Waals surface area contributed by atoms with E-state index in [0.717, 1.165) is 25.7 Å². The van der Waals surface area contributed by atoms with E-state index in [4.69, 9.17) is 0 Å². The standard InChI is InChI=1S/C10H19NO2S/c1-3-4-6-10-7-5-8-11(9-10)14(2,12)13/h3,10H,1,4-9H2,2H3. The monoisotopic (exact) mass is 217 g/mol. The Bertz CT molecular complexity index is 284. The zero-order chi connectivity index (χ0) is 10.6. The summed E-state index contributed by atoms with van der Waals surface area (Å²) in [5, 5.41) is 0. The van der Waals surface area contributed by atoms with E-state index >= 15 is 0 Å². The summed E-state index contributed by atoms with van der Waals surface area (Å²) in [6, 6.07) is 0. The predicted molar refractivity (Wildman–Crippen MR) is 58.6 cm³/mol. The quantitative estimate of drug-likeness (QED) is 0.671. The van der Waals surface area contributed by atoms with Gasteiger partial charge in [-0.05, 0) is 31.6 Å². The van der Waals surface area contributed by atoms with Gasteiger partial charge in [0.2, 0.25) is 10.0 Å². The summed E-state index contributed by atoms with van der Waals surface area (Å²) in [6.45, 7) is 5.08. The van der Waals surface area contributed by atoms with Crippen LogP contribution in [0.25, 0.3) is 0 Å². The molecule has 1 aliphatic heterocycles. The molecule has 3 nitrogen and oxygen atoms in total. The largest absolute Gasteiger partial charge is 0.213 e. The zero-order valence-electron chi connectivity index (χ0n) is 8.78. The van der Waals surface area contributed by atoms with Gasteiger partial charge in [-0.15, -0.1) is 6.58 Å². The van der Waals surface area contributed by atoms with Gasteiger partial charge in [0.1, 0.15) is 0 Å². The number of hydrogen-bond donors (Lipinski definition) is 0. The summed E-state index contributed by atoms with van der Waals surface area (Å²) in [6.07, 6.45) is 7.40. The topological polar surface area (TPSA) is 37.4 Å². The molecule has 0 saturated carbocycles. The van der Waals surface area contributed by atoms with Gasteiger partial charge in [0.15, 0.2) is 0 Å². The minimum absolute atomic E-state index is 0.525. The Kier molecular flexibility index (Phi) is 4.13. The molecular formula is C10H19NO2S. The summed E-state index contributed by atoms with van der Waals surface area (Å²) in [4.78, 5) is 0. The summed E-state index contributed by atoms with van der Waals surface area (Å²) in [7, 11) is -2.98. The maximum absolute atomic E-state index is 11.3. The maximum atomic E-state index is 11.3. The van der Waals surface area contributed by atoms with Gasteiger partial charge in [-0.1, -0.05) is 6.08 Å². The third-order valence-corrected chi connectivity index (χ3v) is 4.00. The van der Waals surface area contributed by atoms with Gasteiger partial charge in [-0.3, -0.25) is 0 Å². The fraction of sp³-hybridized carbons (Fsp3) is 0.800. The molecule has 4 heteroatoms. The molecule has 0 aliphatic carbocycles. The SMILES string of the molecule is C=CCCC1CCCN(S(C)(=O)=O)C1. The normalized spacial score (nSPS) is 24.8. The third-order valence-electron chi connectivity index (χ3n) is 2.73. The van der Waals surface area contributed by atoms with Crippen LogP contribution in [0.15, 0.2) is 12.7 Å². The molecule has 1 fully saturated rings. The van der Waals surface area contributed by atoms with Crippen LogP contribution in [-0.4, -0.2) is 32.1 Å². The molecule has 1 rings (SSSR count). The molecule has 0 aromatic heterocycles. The highest BCUT2D eigenvalue weighted by molar-refractivity contribution is 7.88. The van der Waals surface area contributed by atoms with Gasteiger partial charge < -0.3 is 0 Å². The second kappa shape index (κ2) is 4.94. The first-order valence-corrected chi connectivity index (χ1v) is 6.95. The van der Waals surface area contributed by atoms with Crippen molar-refractivity contribution in [2.45, 2.75) is 25.7 Å². The van der Waals surface area contributed by atoms with Crippen molar-refractivity contribution in [2.24, 2.45) is 5.92 Å². The lowest BCUT2D eigenvalue weighted by atomic mass is 9.95. The van der Waals surface area contributed by atoms with Crippen LogP contribution in [0.2, 0.25) is 0 Å². The van der Waals surface area contributed by atoms with Crippen LogP contribution in [0, 0.1) is 5.92 Å². The molecule has 0 radical (unpaired) electrons. The van der Waals surface area contributed by atoms with Crippen LogP contribution in [0.3, 0.4) is 0 Å². The Balaban J connectivity index is 2.47. The highest BCUT2D eigenvalue weighted by Crippen LogP contribution is 2.22. The van der Waals surface area contributed by atoms with Crippen LogP contribution >= 0.6 is 0 Å². The van der Waals surface area contributed by atoms with Crippen molar-refractivity contribution in [1.82, 2.24) is 4.31 Å². The van der Waals surface area contributed by atoms with Gasteiger partial charge in [0, 0.05) is 13.1 Å². The zero-order valence-corrected chi connectivity index (χ0v) is 9.59. The number of allylic oxidation sites excluding steroid dienone is 1. The molecule has 1 atom stereocenters. The van der Waals surface area contributed by atoms with E-state index in [0.29, 0.717) is 19.0 Å². The molecule has 0 aromatic carbocycles. The lowest BCUT2D eigenvalue weighted by Crippen LogP contribution is -2.39. The molecule has 0 spiro atoms. The second-order valence-corrected chi connectivity index (χ2v) is 5.98. The van der Waals surface area contributed by atoms with Crippen LogP contribution in [0.1, 0.15) is 25.7 Å². The van der Waals surface area contributed by atoms with Crippen molar-refractivity contribution in [3.63, 3.8) is 0 Å². The Morgan fingerprint density at radius 3 is 2.86 bits per heavy atom. The van der Waals surface area contributed by atoms with Crippen molar-refractivity contribution in [2.75, 3.05) is 19.3 Å². The van der Waals surface area contributed by atoms with Crippen LogP contribution in [0.5, 0.6) is 0 Å². The maximum Gasteiger partial charge on any atom is 0.211 e. The molecule has 1 saturated heterocycles. The first kappa shape index (κ1) is 11.7. The van der Waals surface area contributed by atoms with Crippen molar-refractivity contribution in [1.29, 1.82) is 0 Å². The smallest absolute Gasteiger partial charge is 0.211 e. The molecule has 1 aliphatic rings. The highest BCUT2D eigenvalue weighted by Gasteiger charge is 2.24. The van der Waals surface area contributed by atoms with Gasteiger partial charge in [0.05, 0.1) is 6.26 Å². The van der Waals surface area contributed by atoms with Crippen LogP contribution in [0.4, 0.5) is 0 Å². The fourth-order valence-electron chi connectivity index (χ4n) is 1.92. The highest BCUT2D eigenvalue weighted by atomic mass is 32.2. The number of piperidine rings is 1. The van der Waals surface area contributed by atoms with E-state index in [1.54, 1.807) is 4.31 Å². The van der Waals surface area contributed by atoms with Gasteiger partial charge in [-0.25, -0.2) is 12.7 Å². The van der Waals surface area contributed by atoms with E-state index in [2.05, 4.69) is 6.58 Å². The lowest BCUT2D eigenvalue weighted by Gasteiger charge is -2.30. The first-order chi connectivity index (χ1) is 6.54. The van der Waals surface area contributed by atoms with Crippen molar-refractivity contribution >= 4 is 10.0 Å². The molecule has 1 heterocycles. The molecule has 1 unspecified atom stereocenters. The Morgan fingerprint density at radius 2 is 2.29 bits per heavy atom. The predicted octanol–water partition coefficient (Wildman–Crippen LogP) is 1.62. The molecule has 82 valence electrons. The average molecular weight is 217 g/mol. The minimum Gasteiger partial charge on any atom is -0.213 e. The summed E-state index contributed by atoms with van der Waals surface area (Å²) < 4.78 is 24.2. The van der Waals surface area contributed by atoms with Crippen molar-refractivity contribution in [3.8, 4) is 0 Å². The first-order valence-electron chi connectivity index (χ1n) is 5.10. The Morgan fingerprint density at radius 1 is 1.57 bits per heavy atom. The van der Waals surface area contributed by atoms with Gasteiger partial charge in [0.25, 0.3) is 0 Å². The number of nitrogens with zero attached hydrogens (tertiary/aromatic N) is 1. The molecule has 0 amide bonds. The number of sulfonamides is 1. The summed E-state index contributed by atoms with van der Waals surface area (Å²) in [5.74, 6) is 0.525. The Hall–Kier alpha value is -0.350. The fourth-order valence-corrected chi connectivity index (χ4v) is 2.86. The molecule has 0 N–H and O–H groups in total. The lowest BCUT2D eigenvalue weighted by molar-refractivity contribution is 0.258.